The zero-order valence-electron chi connectivity index (χ0n) is 52.6. The summed E-state index contributed by atoms with van der Waals surface area (Å²) in [4.78, 5) is 37.5. The second kappa shape index (κ2) is 60.9. The molecule has 1 N–H and O–H groups in total. The molecule has 460 valence electrons. The van der Waals surface area contributed by atoms with Gasteiger partial charge >= 0.3 is 17.9 Å². The maximum atomic E-state index is 12.9. The molecule has 0 radical (unpaired) electrons. The molecule has 0 aromatic rings. The number of unbranched alkanes of at least 4 members (excludes halogenated alkanes) is 45. The van der Waals surface area contributed by atoms with Crippen molar-refractivity contribution in [3.05, 3.63) is 24.3 Å². The van der Waals surface area contributed by atoms with E-state index in [4.69, 9.17) is 18.9 Å². The number of allylic oxidation sites excluding steroid dienone is 4. The summed E-state index contributed by atoms with van der Waals surface area (Å²) in [5.41, 5.74) is 0. The van der Waals surface area contributed by atoms with E-state index < -0.39 is 24.3 Å². The van der Waals surface area contributed by atoms with Gasteiger partial charge in [0.1, 0.15) is 13.2 Å². The van der Waals surface area contributed by atoms with Gasteiger partial charge in [0.05, 0.1) is 34.4 Å². The van der Waals surface area contributed by atoms with Gasteiger partial charge in [0.25, 0.3) is 6.29 Å². The third-order valence-electron chi connectivity index (χ3n) is 15.5. The van der Waals surface area contributed by atoms with Crippen LogP contribution >= 0.6 is 0 Å². The molecule has 2 unspecified atom stereocenters. The van der Waals surface area contributed by atoms with Gasteiger partial charge < -0.3 is 28.5 Å². The lowest BCUT2D eigenvalue weighted by Crippen LogP contribution is -2.40. The first-order valence-corrected chi connectivity index (χ1v) is 34.0. The number of carbonyl (C=O) groups excluding carboxylic acids is 2. The van der Waals surface area contributed by atoms with E-state index >= 15 is 0 Å². The zero-order valence-corrected chi connectivity index (χ0v) is 52.6. The van der Waals surface area contributed by atoms with Crippen molar-refractivity contribution in [2.45, 2.75) is 354 Å². The monoisotopic (exact) mass is 1100 g/mol. The van der Waals surface area contributed by atoms with Crippen molar-refractivity contribution >= 4 is 17.9 Å². The van der Waals surface area contributed by atoms with Crippen LogP contribution in [0.25, 0.3) is 0 Å². The number of nitrogens with zero attached hydrogens (tertiary/aromatic N) is 1. The highest BCUT2D eigenvalue weighted by Crippen LogP contribution is 2.19. The van der Waals surface area contributed by atoms with E-state index in [1.165, 1.54) is 250 Å². The number of carboxylic acids is 1. The van der Waals surface area contributed by atoms with Crippen molar-refractivity contribution in [2.24, 2.45) is 0 Å². The normalized spacial score (nSPS) is 12.8. The second-order valence-electron chi connectivity index (χ2n) is 24.5. The number of hydrogen-bond donors (Lipinski definition) is 1. The van der Waals surface area contributed by atoms with Gasteiger partial charge in [-0.05, 0) is 44.9 Å². The van der Waals surface area contributed by atoms with Crippen LogP contribution in [0.4, 0.5) is 0 Å². The predicted molar refractivity (Wildman–Crippen MR) is 332 cm³/mol. The standard InChI is InChI=1S/C69H131NO8/c1-6-8-10-12-14-16-18-20-22-24-25-26-27-28-29-30-31-32-33-34-35-36-37-38-39-40-41-42-43-44-46-47-49-51-53-55-57-59-66(71)76-63-65(64-77-69(68(73)74)75-62-61-70(3,4)5)78-67(72)60-58-56-54-52-50-48-45-23-21-19-17-15-13-11-9-7-2/h17,19,23,45,65,69H,6-16,18,20-22,24-44,46-64H2,1-5H3/p+1/b19-17-,45-23-. The Labute approximate surface area is 484 Å². The van der Waals surface area contributed by atoms with Crippen molar-refractivity contribution in [2.75, 3.05) is 47.5 Å². The fourth-order valence-corrected chi connectivity index (χ4v) is 10.2. The Kier molecular flexibility index (Phi) is 59.1. The maximum Gasteiger partial charge on any atom is 0.361 e. The first-order chi connectivity index (χ1) is 38.1. The molecule has 0 aliphatic carbocycles. The summed E-state index contributed by atoms with van der Waals surface area (Å²) in [5, 5.41) is 9.71. The largest absolute Gasteiger partial charge is 0.477 e. The Morgan fingerprint density at radius 3 is 1.03 bits per heavy atom. The van der Waals surface area contributed by atoms with E-state index in [-0.39, 0.29) is 32.2 Å². The Morgan fingerprint density at radius 1 is 0.385 bits per heavy atom. The number of esters is 2. The average Bonchev–Trinajstić information content (AvgIpc) is 3.41. The van der Waals surface area contributed by atoms with Crippen LogP contribution < -0.4 is 0 Å². The van der Waals surface area contributed by atoms with E-state index in [0.29, 0.717) is 23.9 Å². The molecule has 78 heavy (non-hydrogen) atoms. The minimum absolute atomic E-state index is 0.183. The molecule has 0 heterocycles. The number of carbonyl (C=O) groups is 3. The Hall–Kier alpha value is -2.23. The van der Waals surface area contributed by atoms with Gasteiger partial charge in [0, 0.05) is 12.8 Å². The highest BCUT2D eigenvalue weighted by atomic mass is 16.7. The smallest absolute Gasteiger partial charge is 0.361 e. The fraction of sp³-hybridized carbons (Fsp3) is 0.899. The molecule has 0 rings (SSSR count). The van der Waals surface area contributed by atoms with E-state index in [1.807, 2.05) is 21.1 Å². The van der Waals surface area contributed by atoms with Crippen molar-refractivity contribution in [1.82, 2.24) is 0 Å². The minimum atomic E-state index is -1.51. The number of quaternary nitrogens is 1. The van der Waals surface area contributed by atoms with Crippen LogP contribution in [0.1, 0.15) is 341 Å². The molecule has 0 saturated carbocycles. The van der Waals surface area contributed by atoms with Crippen LogP contribution in [0.3, 0.4) is 0 Å². The predicted octanol–water partition coefficient (Wildman–Crippen LogP) is 20.6. The number of likely N-dealkylation sites (N-methyl/N-ethyl adjacent to an activating group) is 1. The summed E-state index contributed by atoms with van der Waals surface area (Å²) in [6.45, 7) is 4.90. The van der Waals surface area contributed by atoms with Crippen LogP contribution in [0.5, 0.6) is 0 Å². The highest BCUT2D eigenvalue weighted by Gasteiger charge is 2.25. The lowest BCUT2D eigenvalue weighted by Gasteiger charge is -2.25. The topological polar surface area (TPSA) is 108 Å². The van der Waals surface area contributed by atoms with Gasteiger partial charge in [0.2, 0.25) is 0 Å². The lowest BCUT2D eigenvalue weighted by atomic mass is 10.0. The quantitative estimate of drug-likeness (QED) is 0.0211. The van der Waals surface area contributed by atoms with Crippen LogP contribution in [-0.4, -0.2) is 87.4 Å². The summed E-state index contributed by atoms with van der Waals surface area (Å²) in [6.07, 6.45) is 71.7. The summed E-state index contributed by atoms with van der Waals surface area (Å²) < 4.78 is 22.9. The minimum Gasteiger partial charge on any atom is -0.477 e. The molecule has 0 bridgehead atoms. The molecule has 9 heteroatoms. The summed E-state index contributed by atoms with van der Waals surface area (Å²) in [7, 11) is 5.98. The first-order valence-electron chi connectivity index (χ1n) is 34.0. The Balaban J connectivity index is 3.94. The lowest BCUT2D eigenvalue weighted by molar-refractivity contribution is -0.870. The van der Waals surface area contributed by atoms with Crippen LogP contribution in [0, 0.1) is 0 Å². The maximum absolute atomic E-state index is 12.9. The van der Waals surface area contributed by atoms with Crippen LogP contribution in [0.2, 0.25) is 0 Å². The van der Waals surface area contributed by atoms with Gasteiger partial charge in [0.15, 0.2) is 6.10 Å². The van der Waals surface area contributed by atoms with Crippen LogP contribution in [-0.2, 0) is 33.3 Å². The molecule has 2 atom stereocenters. The Bertz CT molecular complexity index is 1330. The van der Waals surface area contributed by atoms with Crippen molar-refractivity contribution < 1.29 is 42.9 Å². The van der Waals surface area contributed by atoms with Crippen molar-refractivity contribution in [3.63, 3.8) is 0 Å². The molecule has 0 amide bonds. The molecule has 0 aliphatic heterocycles. The SMILES string of the molecule is CCCCCC/C=C\C/C=C\CCCCCCCC(=O)OC(COC(=O)CCCCCCCCCCCCCCCCCCCCCCCCCCCCCCCCCCCCCCC)COC(OCC[N+](C)(C)C)C(=O)O. The summed E-state index contributed by atoms with van der Waals surface area (Å²) in [5.74, 6) is -2.00. The average molecular weight is 1100 g/mol. The second-order valence-corrected chi connectivity index (χ2v) is 24.5. The number of hydrogen-bond acceptors (Lipinski definition) is 7. The van der Waals surface area contributed by atoms with Gasteiger partial charge in [-0.15, -0.1) is 0 Å². The van der Waals surface area contributed by atoms with Gasteiger partial charge in [-0.1, -0.05) is 308 Å². The number of rotatable bonds is 64. The number of ether oxygens (including phenoxy) is 4. The molecule has 0 saturated heterocycles. The molecule has 9 nitrogen and oxygen atoms in total. The number of carboxylic acid groups (broad SMARTS) is 1. The van der Waals surface area contributed by atoms with E-state index in [0.717, 1.165) is 57.8 Å². The molecule has 0 aromatic heterocycles. The summed E-state index contributed by atoms with van der Waals surface area (Å²) >= 11 is 0. The molecule has 0 aliphatic rings. The zero-order chi connectivity index (χ0) is 56.9. The molecule has 0 aromatic carbocycles. The van der Waals surface area contributed by atoms with Crippen molar-refractivity contribution in [1.29, 1.82) is 0 Å². The number of aliphatic carboxylic acids is 1. The van der Waals surface area contributed by atoms with Gasteiger partial charge in [-0.3, -0.25) is 9.59 Å². The van der Waals surface area contributed by atoms with E-state index in [9.17, 15) is 19.5 Å². The Morgan fingerprint density at radius 2 is 0.692 bits per heavy atom. The molecule has 0 fully saturated rings. The first kappa shape index (κ1) is 75.8. The van der Waals surface area contributed by atoms with Gasteiger partial charge in [-0.25, -0.2) is 4.79 Å². The summed E-state index contributed by atoms with van der Waals surface area (Å²) in [6, 6.07) is 0. The highest BCUT2D eigenvalue weighted by molar-refractivity contribution is 5.71. The fourth-order valence-electron chi connectivity index (χ4n) is 10.2. The van der Waals surface area contributed by atoms with E-state index in [2.05, 4.69) is 38.2 Å². The van der Waals surface area contributed by atoms with Crippen molar-refractivity contribution in [3.8, 4) is 0 Å². The molecular weight excluding hydrogens is 971 g/mol. The van der Waals surface area contributed by atoms with Crippen LogP contribution in [0.15, 0.2) is 24.3 Å². The third-order valence-corrected chi connectivity index (χ3v) is 15.5. The molecule has 0 spiro atoms. The van der Waals surface area contributed by atoms with E-state index in [1.54, 1.807) is 0 Å². The van der Waals surface area contributed by atoms with Gasteiger partial charge in [-0.2, -0.15) is 0 Å². The molecular formula is C69H132NO8+. The third kappa shape index (κ3) is 61.4.